The van der Waals surface area contributed by atoms with Gasteiger partial charge in [0.05, 0.1) is 21.8 Å². The zero-order valence-corrected chi connectivity index (χ0v) is 21.6. The third-order valence-corrected chi connectivity index (χ3v) is 8.71. The molecule has 5 nitrogen and oxygen atoms in total. The summed E-state index contributed by atoms with van der Waals surface area (Å²) in [4.78, 5) is 39.5. The monoisotopic (exact) mass is 515 g/mol. The zero-order chi connectivity index (χ0) is 25.6. The van der Waals surface area contributed by atoms with E-state index in [0.29, 0.717) is 30.9 Å². The zero-order valence-electron chi connectivity index (χ0n) is 20.8. The van der Waals surface area contributed by atoms with Crippen molar-refractivity contribution in [3.8, 4) is 21.7 Å². The highest BCUT2D eigenvalue weighted by molar-refractivity contribution is 7.17. The first kappa shape index (κ1) is 23.0. The molecule has 0 radical (unpaired) electrons. The van der Waals surface area contributed by atoms with Crippen LogP contribution >= 0.6 is 11.3 Å². The van der Waals surface area contributed by atoms with E-state index in [0.717, 1.165) is 48.7 Å². The van der Waals surface area contributed by atoms with Crippen LogP contribution in [0.2, 0.25) is 0 Å². The van der Waals surface area contributed by atoms with E-state index in [4.69, 9.17) is 4.98 Å². The molecule has 1 amide bonds. The molecule has 1 aliphatic heterocycles. The third kappa shape index (κ3) is 4.21. The molecule has 0 saturated heterocycles. The average Bonchev–Trinajstić information content (AvgIpc) is 3.71. The lowest BCUT2D eigenvalue weighted by Crippen LogP contribution is -2.32. The molecule has 0 unspecified atom stereocenters. The number of nitrogens with zero attached hydrogens (tertiary/aromatic N) is 3. The van der Waals surface area contributed by atoms with Crippen molar-refractivity contribution >= 4 is 39.6 Å². The minimum absolute atomic E-state index is 0.0457. The van der Waals surface area contributed by atoms with Crippen LogP contribution in [0.5, 0.6) is 0 Å². The molecule has 0 atom stereocenters. The summed E-state index contributed by atoms with van der Waals surface area (Å²) in [7, 11) is 0. The Morgan fingerprint density at radius 1 is 0.947 bits per heavy atom. The number of anilines is 1. The number of ketones is 1. The average molecular weight is 516 g/mol. The van der Waals surface area contributed by atoms with E-state index in [9.17, 15) is 9.59 Å². The van der Waals surface area contributed by atoms with Gasteiger partial charge in [-0.05, 0) is 73.2 Å². The minimum atomic E-state index is -0.0457. The second-order valence-corrected chi connectivity index (χ2v) is 11.2. The number of rotatable bonds is 5. The van der Waals surface area contributed by atoms with Gasteiger partial charge in [-0.1, -0.05) is 30.3 Å². The molecule has 7 rings (SSSR count). The quantitative estimate of drug-likeness (QED) is 0.232. The highest BCUT2D eigenvalue weighted by Gasteiger charge is 2.29. The van der Waals surface area contributed by atoms with Crippen LogP contribution in [-0.2, 0) is 6.42 Å². The summed E-state index contributed by atoms with van der Waals surface area (Å²) in [6, 6.07) is 23.7. The fourth-order valence-corrected chi connectivity index (χ4v) is 6.41. The number of hydrogen-bond donors (Lipinski definition) is 0. The molecule has 0 bridgehead atoms. The van der Waals surface area contributed by atoms with Gasteiger partial charge in [0.2, 0.25) is 0 Å². The molecular formula is C32H25N3O2S. The van der Waals surface area contributed by atoms with E-state index >= 15 is 0 Å². The Bertz CT molecular complexity index is 1700. The summed E-state index contributed by atoms with van der Waals surface area (Å²) in [5.74, 6) is 0.781. The van der Waals surface area contributed by atoms with Crippen molar-refractivity contribution < 1.29 is 9.59 Å². The summed E-state index contributed by atoms with van der Waals surface area (Å²) in [6.45, 7) is 0.554. The SMILES string of the molecule is O=C(CC1CC1)c1cc2c(s1)-c1ccccc1N(C(=O)c1ccc3ccc(-c4ccncc4)nc3c1)CC2. The van der Waals surface area contributed by atoms with Gasteiger partial charge in [0.25, 0.3) is 5.91 Å². The van der Waals surface area contributed by atoms with Gasteiger partial charge < -0.3 is 4.90 Å². The maximum absolute atomic E-state index is 13.9. The smallest absolute Gasteiger partial charge is 0.258 e. The number of benzene rings is 2. The number of amides is 1. The molecule has 5 aromatic rings. The van der Waals surface area contributed by atoms with Gasteiger partial charge >= 0.3 is 0 Å². The molecule has 0 spiro atoms. The number of Topliss-reactive ketones (excluding diaryl/α,β-unsaturated/α-hetero) is 1. The van der Waals surface area contributed by atoms with Crippen LogP contribution in [0.4, 0.5) is 5.69 Å². The second kappa shape index (κ2) is 9.30. The van der Waals surface area contributed by atoms with Gasteiger partial charge in [-0.2, -0.15) is 0 Å². The summed E-state index contributed by atoms with van der Waals surface area (Å²) >= 11 is 1.58. The Morgan fingerprint density at radius 2 is 1.76 bits per heavy atom. The molecule has 1 saturated carbocycles. The molecule has 6 heteroatoms. The number of pyridine rings is 2. The predicted octanol–water partition coefficient (Wildman–Crippen LogP) is 7.21. The number of hydrogen-bond acceptors (Lipinski definition) is 5. The maximum Gasteiger partial charge on any atom is 0.258 e. The van der Waals surface area contributed by atoms with Gasteiger partial charge in [-0.3, -0.25) is 14.6 Å². The van der Waals surface area contributed by atoms with Crippen LogP contribution < -0.4 is 4.90 Å². The molecule has 4 heterocycles. The first-order valence-corrected chi connectivity index (χ1v) is 13.8. The number of para-hydroxylation sites is 1. The molecular weight excluding hydrogens is 490 g/mol. The van der Waals surface area contributed by atoms with Gasteiger partial charge in [-0.25, -0.2) is 4.98 Å². The first-order valence-electron chi connectivity index (χ1n) is 13.0. The molecule has 2 aromatic carbocycles. The van der Waals surface area contributed by atoms with Crippen LogP contribution in [0, 0.1) is 5.92 Å². The van der Waals surface area contributed by atoms with E-state index in [1.807, 2.05) is 65.6 Å². The summed E-state index contributed by atoms with van der Waals surface area (Å²) in [5.41, 5.74) is 6.28. The molecule has 186 valence electrons. The Morgan fingerprint density at radius 3 is 2.61 bits per heavy atom. The normalized spacial score (nSPS) is 14.6. The van der Waals surface area contributed by atoms with Crippen LogP contribution in [-0.4, -0.2) is 28.2 Å². The molecule has 1 fully saturated rings. The lowest BCUT2D eigenvalue weighted by molar-refractivity contribution is 0.0974. The van der Waals surface area contributed by atoms with Crippen LogP contribution in [0.15, 0.2) is 85.2 Å². The second-order valence-electron chi connectivity index (χ2n) is 10.1. The number of carbonyl (C=O) groups excluding carboxylic acids is 2. The third-order valence-electron chi connectivity index (χ3n) is 7.46. The topological polar surface area (TPSA) is 63.2 Å². The van der Waals surface area contributed by atoms with E-state index < -0.39 is 0 Å². The lowest BCUT2D eigenvalue weighted by Gasteiger charge is -2.23. The van der Waals surface area contributed by atoms with Crippen molar-refractivity contribution in [3.63, 3.8) is 0 Å². The van der Waals surface area contributed by atoms with Crippen molar-refractivity contribution in [3.05, 3.63) is 101 Å². The summed E-state index contributed by atoms with van der Waals surface area (Å²) in [6.07, 6.45) is 7.22. The van der Waals surface area contributed by atoms with E-state index in [2.05, 4.69) is 17.1 Å². The fraction of sp³-hybridized carbons (Fsp3) is 0.188. The Labute approximate surface area is 224 Å². The number of carbonyl (C=O) groups is 2. The number of aromatic nitrogens is 2. The molecule has 1 aliphatic carbocycles. The highest BCUT2D eigenvalue weighted by atomic mass is 32.1. The molecule has 3 aromatic heterocycles. The molecule has 2 aliphatic rings. The Kier molecular flexibility index (Phi) is 5.63. The minimum Gasteiger partial charge on any atom is -0.307 e. The Balaban J connectivity index is 1.23. The number of fused-ring (bicyclic) bond motifs is 4. The maximum atomic E-state index is 13.9. The molecule has 0 N–H and O–H groups in total. The number of thiophene rings is 1. The molecule has 38 heavy (non-hydrogen) atoms. The standard InChI is InChI=1S/C32H25N3O2S/c36-29(17-20-5-6-20)30-19-23-13-16-35(28-4-2-1-3-25(28)31(23)38-30)32(37)24-8-7-21-9-10-26(34-27(21)18-24)22-11-14-33-15-12-22/h1-4,7-12,14-15,18-20H,5-6,13,16-17H2. The van der Waals surface area contributed by atoms with Crippen molar-refractivity contribution in [1.82, 2.24) is 9.97 Å². The Hall–Kier alpha value is -4.16. The van der Waals surface area contributed by atoms with Crippen LogP contribution in [0.3, 0.4) is 0 Å². The van der Waals surface area contributed by atoms with Gasteiger partial charge in [0, 0.05) is 52.3 Å². The predicted molar refractivity (Wildman–Crippen MR) is 152 cm³/mol. The van der Waals surface area contributed by atoms with Crippen molar-refractivity contribution in [2.75, 3.05) is 11.4 Å². The van der Waals surface area contributed by atoms with Crippen molar-refractivity contribution in [1.29, 1.82) is 0 Å². The van der Waals surface area contributed by atoms with Gasteiger partial charge in [0.1, 0.15) is 0 Å². The van der Waals surface area contributed by atoms with Crippen LogP contribution in [0.1, 0.15) is 44.9 Å². The van der Waals surface area contributed by atoms with Gasteiger partial charge in [-0.15, -0.1) is 11.3 Å². The van der Waals surface area contributed by atoms with Crippen LogP contribution in [0.25, 0.3) is 32.6 Å². The van der Waals surface area contributed by atoms with Gasteiger partial charge in [0.15, 0.2) is 5.78 Å². The van der Waals surface area contributed by atoms with E-state index in [1.165, 1.54) is 12.8 Å². The van der Waals surface area contributed by atoms with E-state index in [1.54, 1.807) is 23.7 Å². The highest BCUT2D eigenvalue weighted by Crippen LogP contribution is 2.43. The summed E-state index contributed by atoms with van der Waals surface area (Å²) < 4.78 is 0. The largest absolute Gasteiger partial charge is 0.307 e. The van der Waals surface area contributed by atoms with Crippen molar-refractivity contribution in [2.45, 2.75) is 25.7 Å². The van der Waals surface area contributed by atoms with Crippen molar-refractivity contribution in [2.24, 2.45) is 5.92 Å². The van der Waals surface area contributed by atoms with E-state index in [-0.39, 0.29) is 11.7 Å². The fourth-order valence-electron chi connectivity index (χ4n) is 5.22. The first-order chi connectivity index (χ1) is 18.6. The lowest BCUT2D eigenvalue weighted by atomic mass is 10.1. The summed E-state index contributed by atoms with van der Waals surface area (Å²) in [5, 5.41) is 0.987.